The molecule has 0 aliphatic carbocycles. The molecule has 2 aromatic rings. The van der Waals surface area contributed by atoms with Gasteiger partial charge in [-0.15, -0.1) is 0 Å². The molecule has 1 atom stereocenters. The van der Waals surface area contributed by atoms with E-state index < -0.39 is 0 Å². The molecule has 1 saturated heterocycles. The summed E-state index contributed by atoms with van der Waals surface area (Å²) in [7, 11) is 0. The van der Waals surface area contributed by atoms with Crippen molar-refractivity contribution in [3.63, 3.8) is 0 Å². The number of hydrogen-bond acceptors (Lipinski definition) is 5. The lowest BCUT2D eigenvalue weighted by Gasteiger charge is -2.14. The number of hydrogen-bond donors (Lipinski definition) is 1. The Kier molecular flexibility index (Phi) is 7.81. The van der Waals surface area contributed by atoms with Crippen molar-refractivity contribution in [2.24, 2.45) is 0 Å². The fourth-order valence-corrected chi connectivity index (χ4v) is 2.96. The molecule has 1 N–H and O–H groups in total. The van der Waals surface area contributed by atoms with Crippen LogP contribution in [0.4, 0.5) is 5.69 Å². The molecule has 27 heavy (non-hydrogen) atoms. The van der Waals surface area contributed by atoms with Crippen LogP contribution >= 0.6 is 0 Å². The summed E-state index contributed by atoms with van der Waals surface area (Å²) in [4.78, 5) is 0. The van der Waals surface area contributed by atoms with Gasteiger partial charge in [-0.3, -0.25) is 0 Å². The molecule has 1 aliphatic heterocycles. The molecule has 0 saturated carbocycles. The second-order valence-electron chi connectivity index (χ2n) is 6.49. The normalized spacial score (nSPS) is 16.3. The van der Waals surface area contributed by atoms with E-state index in [2.05, 4.69) is 17.4 Å². The summed E-state index contributed by atoms with van der Waals surface area (Å²) in [5.41, 5.74) is 2.16. The van der Waals surface area contributed by atoms with Crippen molar-refractivity contribution in [3.05, 3.63) is 54.1 Å². The zero-order valence-electron chi connectivity index (χ0n) is 16.0. The van der Waals surface area contributed by atoms with Crippen LogP contribution in [0.25, 0.3) is 0 Å². The van der Waals surface area contributed by atoms with Gasteiger partial charge < -0.3 is 24.3 Å². The first-order valence-electron chi connectivity index (χ1n) is 9.72. The highest BCUT2D eigenvalue weighted by molar-refractivity contribution is 5.56. The Balaban J connectivity index is 1.46. The van der Waals surface area contributed by atoms with Gasteiger partial charge in [0, 0.05) is 19.8 Å². The van der Waals surface area contributed by atoms with Crippen molar-refractivity contribution in [3.8, 4) is 11.5 Å². The van der Waals surface area contributed by atoms with Crippen LogP contribution in [0.5, 0.6) is 11.5 Å². The van der Waals surface area contributed by atoms with Crippen LogP contribution in [0.2, 0.25) is 0 Å². The molecule has 1 aliphatic rings. The quantitative estimate of drug-likeness (QED) is 0.598. The van der Waals surface area contributed by atoms with E-state index in [9.17, 15) is 0 Å². The Labute approximate surface area is 161 Å². The van der Waals surface area contributed by atoms with E-state index in [1.807, 2.05) is 43.3 Å². The van der Waals surface area contributed by atoms with Gasteiger partial charge in [-0.2, -0.15) is 0 Å². The average molecular weight is 371 g/mol. The van der Waals surface area contributed by atoms with E-state index in [0.717, 1.165) is 43.2 Å². The molecule has 3 rings (SSSR count). The third-order valence-electron chi connectivity index (χ3n) is 4.44. The Bertz CT molecular complexity index is 668. The summed E-state index contributed by atoms with van der Waals surface area (Å²) in [6.45, 7) is 6.03. The molecule has 146 valence electrons. The van der Waals surface area contributed by atoms with Crippen LogP contribution in [0, 0.1) is 0 Å². The highest BCUT2D eigenvalue weighted by Crippen LogP contribution is 2.24. The summed E-state index contributed by atoms with van der Waals surface area (Å²) < 4.78 is 22.5. The van der Waals surface area contributed by atoms with Gasteiger partial charge in [0.25, 0.3) is 0 Å². The zero-order chi connectivity index (χ0) is 18.7. The van der Waals surface area contributed by atoms with Crippen LogP contribution in [0.15, 0.2) is 48.5 Å². The van der Waals surface area contributed by atoms with E-state index in [-0.39, 0.29) is 6.10 Å². The van der Waals surface area contributed by atoms with Gasteiger partial charge in [0.1, 0.15) is 24.7 Å². The summed E-state index contributed by atoms with van der Waals surface area (Å²) in [6.07, 6.45) is 2.47. The minimum absolute atomic E-state index is 0.241. The number of ether oxygens (including phenoxy) is 4. The monoisotopic (exact) mass is 371 g/mol. The molecule has 0 spiro atoms. The maximum absolute atomic E-state index is 5.81. The third kappa shape index (κ3) is 6.45. The number of nitrogens with one attached hydrogen (secondary N) is 1. The highest BCUT2D eigenvalue weighted by atomic mass is 16.5. The lowest BCUT2D eigenvalue weighted by Crippen LogP contribution is -2.16. The van der Waals surface area contributed by atoms with Crippen molar-refractivity contribution in [2.45, 2.75) is 32.4 Å². The maximum atomic E-state index is 5.81. The first-order chi connectivity index (χ1) is 13.3. The van der Waals surface area contributed by atoms with Gasteiger partial charge in [-0.05, 0) is 49.6 Å². The van der Waals surface area contributed by atoms with E-state index >= 15 is 0 Å². The lowest BCUT2D eigenvalue weighted by molar-refractivity contribution is 0.0679. The Morgan fingerprint density at radius 3 is 2.67 bits per heavy atom. The fourth-order valence-electron chi connectivity index (χ4n) is 2.96. The standard InChI is InChI=1S/C22H29NO4/c1-2-24-14-15-26-22-8-4-3-7-21(22)23-16-18-9-11-19(12-10-18)27-17-20-6-5-13-25-20/h3-4,7-12,20,23H,2,5-6,13-17H2,1H3. The number of rotatable bonds is 11. The Morgan fingerprint density at radius 2 is 1.89 bits per heavy atom. The van der Waals surface area contributed by atoms with Crippen molar-refractivity contribution < 1.29 is 18.9 Å². The molecular weight excluding hydrogens is 342 g/mol. The Morgan fingerprint density at radius 1 is 1.04 bits per heavy atom. The van der Waals surface area contributed by atoms with Crippen molar-refractivity contribution in [2.75, 3.05) is 38.4 Å². The van der Waals surface area contributed by atoms with Crippen molar-refractivity contribution in [1.82, 2.24) is 0 Å². The van der Waals surface area contributed by atoms with Crippen LogP contribution in [0.1, 0.15) is 25.3 Å². The van der Waals surface area contributed by atoms with Crippen molar-refractivity contribution >= 4 is 5.69 Å². The van der Waals surface area contributed by atoms with Crippen LogP contribution < -0.4 is 14.8 Å². The van der Waals surface area contributed by atoms with Crippen LogP contribution in [-0.4, -0.2) is 39.1 Å². The molecule has 5 nitrogen and oxygen atoms in total. The molecular formula is C22H29NO4. The first kappa shape index (κ1) is 19.5. The summed E-state index contributed by atoms with van der Waals surface area (Å²) >= 11 is 0. The van der Waals surface area contributed by atoms with Crippen LogP contribution in [0.3, 0.4) is 0 Å². The largest absolute Gasteiger partial charge is 0.491 e. The van der Waals surface area contributed by atoms with E-state index in [0.29, 0.717) is 26.4 Å². The summed E-state index contributed by atoms with van der Waals surface area (Å²) in [6, 6.07) is 16.1. The molecule has 5 heteroatoms. The molecule has 1 fully saturated rings. The smallest absolute Gasteiger partial charge is 0.142 e. The maximum Gasteiger partial charge on any atom is 0.142 e. The Hall–Kier alpha value is -2.24. The molecule has 1 heterocycles. The van der Waals surface area contributed by atoms with Gasteiger partial charge in [0.15, 0.2) is 0 Å². The highest BCUT2D eigenvalue weighted by Gasteiger charge is 2.15. The van der Waals surface area contributed by atoms with Gasteiger partial charge in [-0.1, -0.05) is 24.3 Å². The van der Waals surface area contributed by atoms with Crippen LogP contribution in [-0.2, 0) is 16.0 Å². The average Bonchev–Trinajstić information content (AvgIpc) is 3.23. The fraction of sp³-hybridized carbons (Fsp3) is 0.455. The van der Waals surface area contributed by atoms with Gasteiger partial charge in [-0.25, -0.2) is 0 Å². The number of anilines is 1. The topological polar surface area (TPSA) is 49.0 Å². The van der Waals surface area contributed by atoms with E-state index in [4.69, 9.17) is 18.9 Å². The zero-order valence-corrected chi connectivity index (χ0v) is 16.0. The van der Waals surface area contributed by atoms with Crippen molar-refractivity contribution in [1.29, 1.82) is 0 Å². The van der Waals surface area contributed by atoms with E-state index in [1.54, 1.807) is 0 Å². The molecule has 2 aromatic carbocycles. The van der Waals surface area contributed by atoms with Gasteiger partial charge in [0.2, 0.25) is 0 Å². The summed E-state index contributed by atoms with van der Waals surface area (Å²) in [5, 5.41) is 3.44. The minimum atomic E-state index is 0.241. The number of benzene rings is 2. The minimum Gasteiger partial charge on any atom is -0.491 e. The second-order valence-corrected chi connectivity index (χ2v) is 6.49. The lowest BCUT2D eigenvalue weighted by atomic mass is 10.2. The predicted octanol–water partition coefficient (Wildman–Crippen LogP) is 4.27. The molecule has 0 bridgehead atoms. The SMILES string of the molecule is CCOCCOc1ccccc1NCc1ccc(OCC2CCCO2)cc1. The predicted molar refractivity (Wildman–Crippen MR) is 107 cm³/mol. The molecule has 1 unspecified atom stereocenters. The summed E-state index contributed by atoms with van der Waals surface area (Å²) in [5.74, 6) is 1.72. The van der Waals surface area contributed by atoms with Gasteiger partial charge in [0.05, 0.1) is 18.4 Å². The van der Waals surface area contributed by atoms with Gasteiger partial charge >= 0.3 is 0 Å². The molecule has 0 radical (unpaired) electrons. The number of para-hydroxylation sites is 2. The van der Waals surface area contributed by atoms with E-state index in [1.165, 1.54) is 5.56 Å². The molecule has 0 amide bonds. The third-order valence-corrected chi connectivity index (χ3v) is 4.44. The molecule has 0 aromatic heterocycles. The second kappa shape index (κ2) is 10.8. The first-order valence-corrected chi connectivity index (χ1v) is 9.72.